The highest BCUT2D eigenvalue weighted by molar-refractivity contribution is 8.77. The first kappa shape index (κ1) is 14.6. The molecule has 0 radical (unpaired) electrons. The van der Waals surface area contributed by atoms with E-state index in [2.05, 4.69) is 0 Å². The average molecular weight is 275 g/mol. The number of rotatable bonds is 7. The molecule has 82 valence electrons. The molecule has 0 heterocycles. The van der Waals surface area contributed by atoms with Crippen LogP contribution < -0.4 is 0 Å². The highest BCUT2D eigenvalue weighted by atomic mass is 35.5. The number of carbonyl (C=O) groups is 2. The third-order valence-electron chi connectivity index (χ3n) is 1.28. The van der Waals surface area contributed by atoms with Gasteiger partial charge in [-0.3, -0.25) is 9.59 Å². The van der Waals surface area contributed by atoms with Gasteiger partial charge in [-0.2, -0.15) is 0 Å². The third kappa shape index (κ3) is 9.19. The van der Waals surface area contributed by atoms with E-state index in [-0.39, 0.29) is 21.0 Å². The molecule has 0 aromatic heterocycles. The Hall–Kier alpha value is 0.620. The van der Waals surface area contributed by atoms with Crippen LogP contribution in [0.15, 0.2) is 0 Å². The molecule has 0 aliphatic carbocycles. The van der Waals surface area contributed by atoms with Crippen LogP contribution in [-0.2, 0) is 9.59 Å². The van der Waals surface area contributed by atoms with Gasteiger partial charge in [-0.25, -0.2) is 0 Å². The van der Waals surface area contributed by atoms with Crippen molar-refractivity contribution in [2.24, 2.45) is 0 Å². The Balaban J connectivity index is 3.60. The van der Waals surface area contributed by atoms with Crippen LogP contribution in [0.1, 0.15) is 26.7 Å². The van der Waals surface area contributed by atoms with Gasteiger partial charge >= 0.3 is 0 Å². The van der Waals surface area contributed by atoms with Crippen molar-refractivity contribution in [3.05, 3.63) is 0 Å². The smallest absolute Gasteiger partial charge is 0.222 e. The first-order chi connectivity index (χ1) is 6.41. The summed E-state index contributed by atoms with van der Waals surface area (Å²) in [5, 5.41) is -0.325. The zero-order chi connectivity index (χ0) is 11.1. The van der Waals surface area contributed by atoms with Gasteiger partial charge in [0.25, 0.3) is 0 Å². The molecule has 0 fully saturated rings. The Morgan fingerprint density at radius 3 is 1.50 bits per heavy atom. The molecule has 0 amide bonds. The van der Waals surface area contributed by atoms with Gasteiger partial charge in [0.2, 0.25) is 10.5 Å². The van der Waals surface area contributed by atoms with E-state index >= 15 is 0 Å². The van der Waals surface area contributed by atoms with E-state index in [1.54, 1.807) is 21.6 Å². The first-order valence-electron chi connectivity index (χ1n) is 4.10. The average Bonchev–Trinajstić information content (AvgIpc) is 1.98. The minimum Gasteiger partial charge on any atom is -0.281 e. The van der Waals surface area contributed by atoms with E-state index in [4.69, 9.17) is 23.2 Å². The molecule has 0 saturated heterocycles. The molecule has 2 unspecified atom stereocenters. The molecule has 2 atom stereocenters. The Morgan fingerprint density at radius 2 is 1.29 bits per heavy atom. The number of hydrogen-bond acceptors (Lipinski definition) is 4. The van der Waals surface area contributed by atoms with Gasteiger partial charge in [0.05, 0.1) is 0 Å². The summed E-state index contributed by atoms with van der Waals surface area (Å²) < 4.78 is 0. The summed E-state index contributed by atoms with van der Waals surface area (Å²) in [6.07, 6.45) is 0.696. The SMILES string of the molecule is CC(CC(=O)Cl)SSC(C)CC(=O)Cl. The maximum atomic E-state index is 10.5. The van der Waals surface area contributed by atoms with E-state index in [9.17, 15) is 9.59 Å². The molecule has 0 saturated carbocycles. The van der Waals surface area contributed by atoms with Crippen molar-refractivity contribution in [2.75, 3.05) is 0 Å². The topological polar surface area (TPSA) is 34.1 Å². The summed E-state index contributed by atoms with van der Waals surface area (Å²) in [5.41, 5.74) is 0. The van der Waals surface area contributed by atoms with Crippen LogP contribution in [0.4, 0.5) is 0 Å². The first-order valence-corrected chi connectivity index (χ1v) is 7.13. The monoisotopic (exact) mass is 274 g/mol. The molecule has 0 spiro atoms. The van der Waals surface area contributed by atoms with Gasteiger partial charge in [0.15, 0.2) is 0 Å². The van der Waals surface area contributed by atoms with Gasteiger partial charge in [-0.05, 0) is 23.2 Å². The van der Waals surface area contributed by atoms with Gasteiger partial charge in [0.1, 0.15) is 0 Å². The molecule has 6 heteroatoms. The molecule has 0 rings (SSSR count). The van der Waals surface area contributed by atoms with Gasteiger partial charge < -0.3 is 0 Å². The Labute approximate surface area is 102 Å². The lowest BCUT2D eigenvalue weighted by Gasteiger charge is -2.11. The molecule has 2 nitrogen and oxygen atoms in total. The predicted octanol–water partition coefficient (Wildman–Crippen LogP) is 3.46. The standard InChI is InChI=1S/C8H12Cl2O2S2/c1-5(3-7(9)11)13-14-6(2)4-8(10)12/h5-6H,3-4H2,1-2H3. The van der Waals surface area contributed by atoms with Crippen LogP contribution in [0, 0.1) is 0 Å². The molecule has 0 aliphatic rings. The zero-order valence-corrected chi connectivity index (χ0v) is 11.1. The van der Waals surface area contributed by atoms with Crippen molar-refractivity contribution in [1.82, 2.24) is 0 Å². The summed E-state index contributed by atoms with van der Waals surface area (Å²) in [6.45, 7) is 3.85. The number of carbonyl (C=O) groups excluding carboxylic acids is 2. The fraction of sp³-hybridized carbons (Fsp3) is 0.750. The summed E-state index contributed by atoms with van der Waals surface area (Å²) in [6, 6.07) is 0. The molecular formula is C8H12Cl2O2S2. The summed E-state index contributed by atoms with van der Waals surface area (Å²) in [4.78, 5) is 21.1. The molecule has 0 aromatic carbocycles. The second-order valence-corrected chi connectivity index (χ2v) is 6.92. The summed E-state index contributed by atoms with van der Waals surface area (Å²) in [5.74, 6) is 0. The van der Waals surface area contributed by atoms with Crippen molar-refractivity contribution >= 4 is 55.3 Å². The Bertz CT molecular complexity index is 190. The quantitative estimate of drug-likeness (QED) is 0.526. The van der Waals surface area contributed by atoms with Crippen molar-refractivity contribution in [3.8, 4) is 0 Å². The van der Waals surface area contributed by atoms with Crippen LogP contribution in [-0.4, -0.2) is 21.0 Å². The third-order valence-corrected chi connectivity index (χ3v) is 4.99. The van der Waals surface area contributed by atoms with E-state index in [0.717, 1.165) is 0 Å². The number of hydrogen-bond donors (Lipinski definition) is 0. The summed E-state index contributed by atoms with van der Waals surface area (Å²) in [7, 11) is 3.11. The minimum absolute atomic E-state index is 0.165. The maximum Gasteiger partial charge on any atom is 0.222 e. The molecule has 14 heavy (non-hydrogen) atoms. The van der Waals surface area contributed by atoms with Crippen molar-refractivity contribution < 1.29 is 9.59 Å². The fourth-order valence-corrected chi connectivity index (χ4v) is 3.72. The van der Waals surface area contributed by atoms with Crippen LogP contribution in [0.2, 0.25) is 0 Å². The lowest BCUT2D eigenvalue weighted by Crippen LogP contribution is -2.03. The van der Waals surface area contributed by atoms with E-state index in [1.165, 1.54) is 0 Å². The van der Waals surface area contributed by atoms with E-state index in [0.29, 0.717) is 12.8 Å². The van der Waals surface area contributed by atoms with Gasteiger partial charge in [-0.1, -0.05) is 35.4 Å². The fourth-order valence-electron chi connectivity index (χ4n) is 0.710. The van der Waals surface area contributed by atoms with Crippen LogP contribution >= 0.6 is 44.8 Å². The molecule has 0 aromatic rings. The molecular weight excluding hydrogens is 263 g/mol. The second kappa shape index (κ2) is 7.85. The van der Waals surface area contributed by atoms with Crippen molar-refractivity contribution in [2.45, 2.75) is 37.2 Å². The van der Waals surface area contributed by atoms with E-state index < -0.39 is 0 Å². The lowest BCUT2D eigenvalue weighted by atomic mass is 10.4. The van der Waals surface area contributed by atoms with Gasteiger partial charge in [-0.15, -0.1) is 0 Å². The maximum absolute atomic E-state index is 10.5. The Kier molecular flexibility index (Phi) is 8.20. The van der Waals surface area contributed by atoms with Crippen LogP contribution in [0.3, 0.4) is 0 Å². The molecule has 0 aliphatic heterocycles. The van der Waals surface area contributed by atoms with Crippen molar-refractivity contribution in [3.63, 3.8) is 0 Å². The largest absolute Gasteiger partial charge is 0.281 e. The van der Waals surface area contributed by atoms with E-state index in [1.807, 2.05) is 13.8 Å². The van der Waals surface area contributed by atoms with Crippen molar-refractivity contribution in [1.29, 1.82) is 0 Å². The zero-order valence-electron chi connectivity index (χ0n) is 7.96. The van der Waals surface area contributed by atoms with Crippen LogP contribution in [0.25, 0.3) is 0 Å². The minimum atomic E-state index is -0.327. The molecule has 0 bridgehead atoms. The summed E-state index contributed by atoms with van der Waals surface area (Å²) >= 11 is 10.5. The highest BCUT2D eigenvalue weighted by Crippen LogP contribution is 2.34. The second-order valence-electron chi connectivity index (χ2n) is 2.93. The molecule has 0 N–H and O–H groups in total. The normalized spacial score (nSPS) is 14.9. The predicted molar refractivity (Wildman–Crippen MR) is 65.1 cm³/mol. The lowest BCUT2D eigenvalue weighted by molar-refractivity contribution is -0.112. The Morgan fingerprint density at radius 1 is 1.00 bits per heavy atom. The van der Waals surface area contributed by atoms with Crippen LogP contribution in [0.5, 0.6) is 0 Å². The number of halogens is 2. The highest BCUT2D eigenvalue weighted by Gasteiger charge is 2.12. The van der Waals surface area contributed by atoms with Gasteiger partial charge in [0, 0.05) is 23.3 Å².